The summed E-state index contributed by atoms with van der Waals surface area (Å²) >= 11 is 0. The number of hydrogen-bond acceptors (Lipinski definition) is 12. The summed E-state index contributed by atoms with van der Waals surface area (Å²) in [6, 6.07) is 0. The van der Waals surface area contributed by atoms with Crippen molar-refractivity contribution in [3.63, 3.8) is 0 Å². The average molecular weight is 1440 g/mol. The molecule has 582 valence electrons. The number of carbonyl (C=O) groups excluding carboxylic acids is 1. The lowest BCUT2D eigenvalue weighted by Gasteiger charge is -2.34. The van der Waals surface area contributed by atoms with Crippen molar-refractivity contribution in [3.05, 3.63) is 97.2 Å². The third-order valence-corrected chi connectivity index (χ3v) is 21.8. The Bertz CT molecular complexity index is 1850. The normalized spacial score (nSPS) is 15.1. The number of esters is 1. The number of rotatable bonds is 76. The fraction of sp³-hybridized carbons (Fsp3) is 0.807. The van der Waals surface area contributed by atoms with Gasteiger partial charge in [0.05, 0.1) is 24.4 Å². The maximum atomic E-state index is 12.9. The number of hydrogen-bond donors (Lipinski definition) is 4. The minimum absolute atomic E-state index is 0.129. The van der Waals surface area contributed by atoms with Crippen LogP contribution in [-0.2, 0) is 9.53 Å². The fourth-order valence-electron chi connectivity index (χ4n) is 13.1. The molecule has 0 aromatic carbocycles. The van der Waals surface area contributed by atoms with E-state index in [4.69, 9.17) is 4.74 Å². The smallest absolute Gasteiger partial charge is 0.305 e. The van der Waals surface area contributed by atoms with E-state index in [0.29, 0.717) is 39.2 Å². The molecule has 1 rings (SSSR count). The molecule has 1 fully saturated rings. The summed E-state index contributed by atoms with van der Waals surface area (Å²) in [6.45, 7) is 19.3. The number of nitrogens with zero attached hydrogens (tertiary/aromatic N) is 4. The molecule has 1 aliphatic rings. The van der Waals surface area contributed by atoms with E-state index in [1.54, 1.807) is 0 Å². The second-order valence-electron chi connectivity index (χ2n) is 29.1. The Labute approximate surface area is 627 Å². The molecular weight excluding hydrogens is 1270 g/mol. The van der Waals surface area contributed by atoms with Crippen LogP contribution >= 0.6 is 21.6 Å². The molecule has 10 nitrogen and oxygen atoms in total. The Morgan fingerprint density at radius 2 is 0.650 bits per heavy atom. The Hall–Kier alpha value is -2.23. The number of unbranched alkanes of at least 4 members (excludes halogenated alkanes) is 29. The van der Waals surface area contributed by atoms with Crippen molar-refractivity contribution in [2.45, 2.75) is 360 Å². The summed E-state index contributed by atoms with van der Waals surface area (Å²) in [5.74, 6) is 2.04. The molecule has 12 heteroatoms. The van der Waals surface area contributed by atoms with Crippen molar-refractivity contribution < 1.29 is 30.0 Å². The first kappa shape index (κ1) is 95.8. The largest absolute Gasteiger partial charge is 0.464 e. The zero-order chi connectivity index (χ0) is 72.2. The maximum Gasteiger partial charge on any atom is 0.305 e. The summed E-state index contributed by atoms with van der Waals surface area (Å²) in [5.41, 5.74) is 0. The zero-order valence-corrected chi connectivity index (χ0v) is 67.4. The van der Waals surface area contributed by atoms with Crippen LogP contribution in [0.2, 0.25) is 0 Å². The first-order valence-corrected chi connectivity index (χ1v) is 44.9. The van der Waals surface area contributed by atoms with E-state index in [2.05, 4.69) is 145 Å². The van der Waals surface area contributed by atoms with E-state index in [1.165, 1.54) is 167 Å². The van der Waals surface area contributed by atoms with Gasteiger partial charge >= 0.3 is 5.97 Å². The number of aliphatic hydroxyl groups excluding tert-OH is 4. The number of allylic oxidation sites excluding steroid dienone is 16. The third kappa shape index (κ3) is 70.1. The Morgan fingerprint density at radius 1 is 0.350 bits per heavy atom. The Kier molecular flexibility index (Phi) is 74.6. The molecule has 0 bridgehead atoms. The second-order valence-corrected chi connectivity index (χ2v) is 31.8. The standard InChI is InChI=1S/C88H162N4O6S2/c1-5-9-13-17-21-25-29-33-37-41-45-49-53-57-64-84(93)80-91(81-85(94)65-58-54-50-46-42-38-34-30-26-22-18-14-10-6-2)69-62-61-68-88(97)98-77-75-89-71-73-90(74-72-89)76-79-100-99-78-63-70-92(82-86(95)66-59-55-51-47-43-39-35-31-27-23-19-15-11-7-3)83-87(96)67-60-56-52-48-44-40-36-32-28-24-20-16-12-8-4/h9-10,13-14,21-22,25-26,33-40,84-87,93-96H,5-8,11-12,15-20,23-24,27-32,41-83H2,1-4H3/b13-9-,14-10-,25-21-,26-22-,37-33-,38-34-,39-35-,40-36-. The molecule has 4 atom stereocenters. The van der Waals surface area contributed by atoms with Crippen LogP contribution < -0.4 is 0 Å². The van der Waals surface area contributed by atoms with E-state index in [1.807, 2.05) is 21.6 Å². The van der Waals surface area contributed by atoms with Gasteiger partial charge < -0.3 is 25.2 Å². The molecule has 0 amide bonds. The van der Waals surface area contributed by atoms with Gasteiger partial charge in [-0.2, -0.15) is 0 Å². The van der Waals surface area contributed by atoms with Gasteiger partial charge in [0.1, 0.15) is 6.61 Å². The van der Waals surface area contributed by atoms with E-state index >= 15 is 0 Å². The quantitative estimate of drug-likeness (QED) is 0.0201. The molecule has 0 aromatic rings. The predicted octanol–water partition coefficient (Wildman–Crippen LogP) is 22.8. The van der Waals surface area contributed by atoms with Crippen LogP contribution in [0.1, 0.15) is 336 Å². The first-order chi connectivity index (χ1) is 49.2. The minimum Gasteiger partial charge on any atom is -0.464 e. The number of aliphatic hydroxyl groups is 4. The number of ether oxygens (including phenoxy) is 1. The molecule has 0 saturated carbocycles. The van der Waals surface area contributed by atoms with Gasteiger partial charge in [-0.1, -0.05) is 288 Å². The highest BCUT2D eigenvalue weighted by Gasteiger charge is 2.20. The topological polar surface area (TPSA) is 120 Å². The third-order valence-electron chi connectivity index (χ3n) is 19.4. The molecule has 0 aromatic heterocycles. The van der Waals surface area contributed by atoms with Gasteiger partial charge in [-0.25, -0.2) is 0 Å². The number of piperazine rings is 1. The lowest BCUT2D eigenvalue weighted by Crippen LogP contribution is -2.47. The summed E-state index contributed by atoms with van der Waals surface area (Å²) in [7, 11) is 3.94. The van der Waals surface area contributed by atoms with Gasteiger partial charge in [-0.05, 0) is 174 Å². The van der Waals surface area contributed by atoms with E-state index in [-0.39, 0.29) is 18.2 Å². The Balaban J connectivity index is 2.47. The molecule has 4 N–H and O–H groups in total. The molecule has 1 aliphatic heterocycles. The summed E-state index contributed by atoms with van der Waals surface area (Å²) in [4.78, 5) is 22.5. The van der Waals surface area contributed by atoms with Crippen molar-refractivity contribution in [3.8, 4) is 0 Å². The highest BCUT2D eigenvalue weighted by Crippen LogP contribution is 2.23. The summed E-state index contributed by atoms with van der Waals surface area (Å²) < 4.78 is 5.76. The van der Waals surface area contributed by atoms with E-state index in [0.717, 1.165) is 199 Å². The van der Waals surface area contributed by atoms with Crippen LogP contribution in [0.3, 0.4) is 0 Å². The molecule has 4 unspecified atom stereocenters. The van der Waals surface area contributed by atoms with Gasteiger partial charge in [-0.15, -0.1) is 0 Å². The second kappa shape index (κ2) is 77.9. The van der Waals surface area contributed by atoms with Crippen LogP contribution in [0.15, 0.2) is 97.2 Å². The summed E-state index contributed by atoms with van der Waals surface area (Å²) in [6.07, 6.45) is 89.3. The maximum absolute atomic E-state index is 12.9. The van der Waals surface area contributed by atoms with Crippen molar-refractivity contribution in [1.29, 1.82) is 0 Å². The Morgan fingerprint density at radius 3 is 1.02 bits per heavy atom. The monoisotopic (exact) mass is 1440 g/mol. The van der Waals surface area contributed by atoms with Crippen molar-refractivity contribution in [2.75, 3.05) is 96.6 Å². The zero-order valence-electron chi connectivity index (χ0n) is 65.8. The molecule has 100 heavy (non-hydrogen) atoms. The molecule has 1 heterocycles. The van der Waals surface area contributed by atoms with Crippen molar-refractivity contribution in [1.82, 2.24) is 19.6 Å². The number of carbonyl (C=O) groups is 1. The van der Waals surface area contributed by atoms with Crippen molar-refractivity contribution in [2.24, 2.45) is 0 Å². The highest BCUT2D eigenvalue weighted by atomic mass is 33.1. The van der Waals surface area contributed by atoms with Gasteiger partial charge in [0, 0.05) is 83.4 Å². The van der Waals surface area contributed by atoms with Gasteiger partial charge in [-0.3, -0.25) is 24.4 Å². The van der Waals surface area contributed by atoms with E-state index in [9.17, 15) is 25.2 Å². The predicted molar refractivity (Wildman–Crippen MR) is 443 cm³/mol. The molecule has 1 saturated heterocycles. The minimum atomic E-state index is -0.422. The average Bonchev–Trinajstić information content (AvgIpc) is 1.19. The van der Waals surface area contributed by atoms with Crippen LogP contribution in [0, 0.1) is 0 Å². The van der Waals surface area contributed by atoms with Crippen molar-refractivity contribution >= 4 is 27.6 Å². The van der Waals surface area contributed by atoms with Gasteiger partial charge in [0.15, 0.2) is 0 Å². The van der Waals surface area contributed by atoms with Crippen LogP contribution in [0.25, 0.3) is 0 Å². The SMILES string of the molecule is CC/C=C\C/C=C\C/C=C\CCCCCCC(O)CN(CCCCC(=O)OCCN1CCN(CCSSCCCN(CC(O)CCCCCC/C=C\CCCCCCCC)CC(O)CCCCCC/C=C\CCCCCCCC)CC1)CC(O)CCCCCC/C=C\C/C=C\C/C=C\CC. The van der Waals surface area contributed by atoms with E-state index < -0.39 is 12.2 Å². The van der Waals surface area contributed by atoms with Crippen LogP contribution in [-0.4, -0.2) is 167 Å². The molecular formula is C88H162N4O6S2. The summed E-state index contributed by atoms with van der Waals surface area (Å²) in [5, 5.41) is 44.8. The molecule has 0 aliphatic carbocycles. The molecule has 0 spiro atoms. The van der Waals surface area contributed by atoms with Gasteiger partial charge in [0.25, 0.3) is 0 Å². The lowest BCUT2D eigenvalue weighted by atomic mass is 10.1. The lowest BCUT2D eigenvalue weighted by molar-refractivity contribution is -0.144. The van der Waals surface area contributed by atoms with Crippen LogP contribution in [0.5, 0.6) is 0 Å². The highest BCUT2D eigenvalue weighted by molar-refractivity contribution is 8.76. The van der Waals surface area contributed by atoms with Gasteiger partial charge in [0.2, 0.25) is 0 Å². The van der Waals surface area contributed by atoms with Crippen LogP contribution in [0.4, 0.5) is 0 Å². The first-order valence-electron chi connectivity index (χ1n) is 42.4. The fourth-order valence-corrected chi connectivity index (χ4v) is 15.2. The molecule has 0 radical (unpaired) electrons.